The molecule has 0 aromatic heterocycles. The number of nitrogens with one attached hydrogen (secondary N) is 1. The Bertz CT molecular complexity index is 302. The third-order valence-electron chi connectivity index (χ3n) is 3.50. The molecule has 0 aliphatic carbocycles. The zero-order chi connectivity index (χ0) is 13.1. The monoisotopic (exact) mass is 242 g/mol. The molecule has 2 N–H and O–H groups in total. The van der Waals surface area contributed by atoms with E-state index in [0.29, 0.717) is 18.9 Å². The molecule has 98 valence electrons. The number of rotatable bonds is 5. The molecule has 1 amide bonds. The number of carboxylic acids is 1. The quantitative estimate of drug-likeness (QED) is 0.744. The summed E-state index contributed by atoms with van der Waals surface area (Å²) in [5.41, 5.74) is -0.540. The van der Waals surface area contributed by atoms with Crippen LogP contribution in [-0.2, 0) is 9.59 Å². The van der Waals surface area contributed by atoms with E-state index in [-0.39, 0.29) is 12.3 Å². The highest BCUT2D eigenvalue weighted by Crippen LogP contribution is 2.23. The summed E-state index contributed by atoms with van der Waals surface area (Å²) in [7, 11) is 1.77. The van der Waals surface area contributed by atoms with Crippen LogP contribution in [0.25, 0.3) is 0 Å². The third-order valence-corrected chi connectivity index (χ3v) is 3.50. The molecule has 5 nitrogen and oxygen atoms in total. The first-order valence-corrected chi connectivity index (χ1v) is 6.07. The molecule has 1 heterocycles. The van der Waals surface area contributed by atoms with E-state index in [1.807, 2.05) is 18.7 Å². The summed E-state index contributed by atoms with van der Waals surface area (Å²) in [4.78, 5) is 24.5. The van der Waals surface area contributed by atoms with Gasteiger partial charge in [0.05, 0.1) is 5.54 Å². The maximum Gasteiger partial charge on any atom is 0.303 e. The third kappa shape index (κ3) is 3.70. The van der Waals surface area contributed by atoms with Crippen molar-refractivity contribution in [3.05, 3.63) is 0 Å². The number of carboxylic acid groups (broad SMARTS) is 1. The van der Waals surface area contributed by atoms with E-state index in [1.54, 1.807) is 7.05 Å². The fourth-order valence-corrected chi connectivity index (χ4v) is 2.08. The smallest absolute Gasteiger partial charge is 0.303 e. The van der Waals surface area contributed by atoms with Gasteiger partial charge in [-0.3, -0.25) is 9.59 Å². The second kappa shape index (κ2) is 5.49. The predicted molar refractivity (Wildman–Crippen MR) is 64.7 cm³/mol. The molecule has 1 fully saturated rings. The molecule has 1 rings (SSSR count). The first-order valence-electron chi connectivity index (χ1n) is 6.07. The number of carbonyl (C=O) groups excluding carboxylic acids is 1. The summed E-state index contributed by atoms with van der Waals surface area (Å²) in [6.07, 6.45) is 1.78. The van der Waals surface area contributed by atoms with Crippen LogP contribution in [-0.4, -0.2) is 47.6 Å². The Morgan fingerprint density at radius 1 is 1.47 bits per heavy atom. The largest absolute Gasteiger partial charge is 0.481 e. The van der Waals surface area contributed by atoms with Gasteiger partial charge < -0.3 is 15.3 Å². The molecular weight excluding hydrogens is 220 g/mol. The molecule has 0 aromatic carbocycles. The molecule has 0 spiro atoms. The molecule has 1 aliphatic rings. The average molecular weight is 242 g/mol. The first kappa shape index (κ1) is 14.0. The maximum atomic E-state index is 12.1. The summed E-state index contributed by atoms with van der Waals surface area (Å²) < 4.78 is 0. The predicted octanol–water partition coefficient (Wildman–Crippen LogP) is 0.698. The fraction of sp³-hybridized carbons (Fsp3) is 0.833. The van der Waals surface area contributed by atoms with Crippen molar-refractivity contribution in [3.63, 3.8) is 0 Å². The zero-order valence-electron chi connectivity index (χ0n) is 10.8. The molecule has 0 saturated carbocycles. The molecule has 0 aromatic rings. The highest BCUT2D eigenvalue weighted by molar-refractivity contribution is 5.85. The van der Waals surface area contributed by atoms with Crippen molar-refractivity contribution < 1.29 is 14.7 Å². The number of amides is 1. The Morgan fingerprint density at radius 2 is 2.12 bits per heavy atom. The Morgan fingerprint density at radius 3 is 2.65 bits per heavy atom. The number of likely N-dealkylation sites (tertiary alicyclic amines) is 1. The highest BCUT2D eigenvalue weighted by atomic mass is 16.4. The van der Waals surface area contributed by atoms with Crippen LogP contribution in [0.4, 0.5) is 0 Å². The lowest BCUT2D eigenvalue weighted by atomic mass is 10.0. The van der Waals surface area contributed by atoms with Crippen LogP contribution in [0.15, 0.2) is 0 Å². The minimum Gasteiger partial charge on any atom is -0.481 e. The van der Waals surface area contributed by atoms with E-state index in [1.165, 1.54) is 0 Å². The summed E-state index contributed by atoms with van der Waals surface area (Å²) in [5, 5.41) is 11.6. The van der Waals surface area contributed by atoms with Gasteiger partial charge in [0.2, 0.25) is 5.91 Å². The van der Waals surface area contributed by atoms with E-state index >= 15 is 0 Å². The van der Waals surface area contributed by atoms with Crippen LogP contribution in [0.2, 0.25) is 0 Å². The topological polar surface area (TPSA) is 69.6 Å². The van der Waals surface area contributed by atoms with Gasteiger partial charge in [-0.2, -0.15) is 0 Å². The van der Waals surface area contributed by atoms with Gasteiger partial charge >= 0.3 is 5.97 Å². The second-order valence-electron chi connectivity index (χ2n) is 5.21. The fourth-order valence-electron chi connectivity index (χ4n) is 2.08. The van der Waals surface area contributed by atoms with E-state index < -0.39 is 11.5 Å². The van der Waals surface area contributed by atoms with E-state index in [0.717, 1.165) is 13.0 Å². The van der Waals surface area contributed by atoms with Gasteiger partial charge in [-0.25, -0.2) is 0 Å². The van der Waals surface area contributed by atoms with Crippen LogP contribution in [0.3, 0.4) is 0 Å². The number of carbonyl (C=O) groups is 2. The SMILES string of the molecule is CNC(C)(C)C(=O)N1CCC(CCC(=O)O)C1. The summed E-state index contributed by atoms with van der Waals surface area (Å²) in [5.74, 6) is -0.328. The molecule has 17 heavy (non-hydrogen) atoms. The molecule has 5 heteroatoms. The van der Waals surface area contributed by atoms with Crippen molar-refractivity contribution in [2.45, 2.75) is 38.6 Å². The molecule has 1 saturated heterocycles. The highest BCUT2D eigenvalue weighted by Gasteiger charge is 2.34. The average Bonchev–Trinajstić information content (AvgIpc) is 2.73. The Kier molecular flexibility index (Phi) is 4.51. The van der Waals surface area contributed by atoms with Crippen molar-refractivity contribution in [3.8, 4) is 0 Å². The van der Waals surface area contributed by atoms with E-state index in [2.05, 4.69) is 5.32 Å². The molecular formula is C12H22N2O3. The Hall–Kier alpha value is -1.10. The van der Waals surface area contributed by atoms with Crippen LogP contribution in [0, 0.1) is 5.92 Å². The summed E-state index contributed by atoms with van der Waals surface area (Å²) in [6.45, 7) is 5.16. The maximum absolute atomic E-state index is 12.1. The zero-order valence-corrected chi connectivity index (χ0v) is 10.8. The van der Waals surface area contributed by atoms with Crippen molar-refractivity contribution in [2.24, 2.45) is 5.92 Å². The lowest BCUT2D eigenvalue weighted by Crippen LogP contribution is -2.52. The number of likely N-dealkylation sites (N-methyl/N-ethyl adjacent to an activating group) is 1. The van der Waals surface area contributed by atoms with Gasteiger partial charge in [-0.1, -0.05) is 0 Å². The van der Waals surface area contributed by atoms with Crippen molar-refractivity contribution >= 4 is 11.9 Å². The Balaban J connectivity index is 2.45. The molecule has 0 radical (unpaired) electrons. The Labute approximate surface area is 102 Å². The molecule has 1 atom stereocenters. The molecule has 1 aliphatic heterocycles. The summed E-state index contributed by atoms with van der Waals surface area (Å²) in [6, 6.07) is 0. The van der Waals surface area contributed by atoms with Crippen LogP contribution in [0.1, 0.15) is 33.1 Å². The lowest BCUT2D eigenvalue weighted by molar-refractivity contribution is -0.137. The van der Waals surface area contributed by atoms with Crippen LogP contribution >= 0.6 is 0 Å². The van der Waals surface area contributed by atoms with Crippen molar-refractivity contribution in [1.29, 1.82) is 0 Å². The van der Waals surface area contributed by atoms with Gasteiger partial charge in [0.1, 0.15) is 0 Å². The number of aliphatic carboxylic acids is 1. The van der Waals surface area contributed by atoms with E-state index in [4.69, 9.17) is 5.11 Å². The summed E-state index contributed by atoms with van der Waals surface area (Å²) >= 11 is 0. The second-order valence-corrected chi connectivity index (χ2v) is 5.21. The van der Waals surface area contributed by atoms with Gasteiger partial charge in [-0.15, -0.1) is 0 Å². The van der Waals surface area contributed by atoms with Crippen LogP contribution < -0.4 is 5.32 Å². The number of hydrogen-bond donors (Lipinski definition) is 2. The standard InChI is InChI=1S/C12H22N2O3/c1-12(2,13-3)11(17)14-7-6-9(8-14)4-5-10(15)16/h9,13H,4-8H2,1-3H3,(H,15,16). The number of hydrogen-bond acceptors (Lipinski definition) is 3. The van der Waals surface area contributed by atoms with Gasteiger partial charge in [0.15, 0.2) is 0 Å². The van der Waals surface area contributed by atoms with Gasteiger partial charge in [0.25, 0.3) is 0 Å². The van der Waals surface area contributed by atoms with Crippen molar-refractivity contribution in [1.82, 2.24) is 10.2 Å². The normalized spacial score (nSPS) is 20.6. The minimum absolute atomic E-state index is 0.0952. The van der Waals surface area contributed by atoms with Crippen LogP contribution in [0.5, 0.6) is 0 Å². The first-order chi connectivity index (χ1) is 7.86. The van der Waals surface area contributed by atoms with Gasteiger partial charge in [0, 0.05) is 19.5 Å². The number of nitrogens with zero attached hydrogens (tertiary/aromatic N) is 1. The van der Waals surface area contributed by atoms with E-state index in [9.17, 15) is 9.59 Å². The molecule has 0 bridgehead atoms. The van der Waals surface area contributed by atoms with Gasteiger partial charge in [-0.05, 0) is 39.7 Å². The lowest BCUT2D eigenvalue weighted by Gasteiger charge is -2.28. The van der Waals surface area contributed by atoms with Crippen molar-refractivity contribution in [2.75, 3.05) is 20.1 Å². The molecule has 1 unspecified atom stereocenters. The minimum atomic E-state index is -0.759.